The minimum absolute atomic E-state index is 0.0176. The second-order valence-electron chi connectivity index (χ2n) is 27.9. The molecule has 6 aliphatic rings. The van der Waals surface area contributed by atoms with Crippen LogP contribution in [-0.2, 0) is 51.9 Å². The van der Waals surface area contributed by atoms with Gasteiger partial charge < -0.3 is 80.8 Å². The molecule has 27 nitrogen and oxygen atoms in total. The van der Waals surface area contributed by atoms with Gasteiger partial charge in [-0.3, -0.25) is 42.6 Å². The largest absolute Gasteiger partial charge is 0.472 e. The van der Waals surface area contributed by atoms with Gasteiger partial charge >= 0.3 is 7.82 Å². The fourth-order valence-electron chi connectivity index (χ4n) is 16.7. The fraction of sp³-hybridized carbons (Fsp3) is 0.677. The summed E-state index contributed by atoms with van der Waals surface area (Å²) in [6, 6.07) is 1.26. The molecular weight excluding hydrogens is 1180 g/mol. The van der Waals surface area contributed by atoms with E-state index in [0.29, 0.717) is 23.3 Å². The number of allylic oxidation sites excluding steroid dienone is 3. The Kier molecular flexibility index (Phi) is 20.0. The van der Waals surface area contributed by atoms with Crippen LogP contribution >= 0.6 is 7.82 Å². The van der Waals surface area contributed by atoms with Crippen LogP contribution in [0.2, 0.25) is 0 Å². The number of hydrogen-bond donors (Lipinski definition) is 15. The Labute approximate surface area is 525 Å². The molecule has 8 bridgehead atoms. The number of aromatic amines is 1. The van der Waals surface area contributed by atoms with Crippen molar-refractivity contribution in [2.24, 2.45) is 79.7 Å². The summed E-state index contributed by atoms with van der Waals surface area (Å²) in [5, 5.41) is 40.2. The maximum Gasteiger partial charge on any atom is 0.472 e. The molecule has 2 aromatic rings. The predicted octanol–water partition coefficient (Wildman–Crippen LogP) is 1.13. The standard InChI is InChI=1S/C62H96N13O14P/c1-29-20-39-40(21-30(29)2)75(28-70-39)57-52(84)53(41(27-76)87-57)89-90(85,86)88-31(3)26-69-49(83)18-19-59(8)37(22-46(66)80)56-62(11)61(10,25-48(68)82)36(14-17-45(65)79)51(74-62)33(5)55-60(9,24-47(67)81)34(12-15-43(63)77)38(71-55)23-42-58(6,7)35(13-16-44(64)78)50(72-42)32(4)54(59)73-56/h20-21,23,28,31,34-38,41,50-53,56-57,71-74,76,84H,12-19,22,24-27H2,1-11H3,(H14,63,64,65,66,67,68,69,77,78,79,80,81,82,83,85,86)/p+1/b42-23-,54-32-,55-33-/t31-,34-,35-,36-,37+,38-,41-,50-,51-,52-,53-,56-,57+,59-,60+,61+,62+/m1/s1. The SMILES string of the molecule is C/C1=C2/N[C@H]([C@H](CC(N)=O)[C@@]2(C)CCC(=O)NC[C@@H](C)OP(=O)(O)O[C@H]2[C@@H](O)[C@@H]([n+]3c[nH]c4cc(C)c(C)cc43)O[C@@H]2CO)[C@]2(C)N[C@H](/C(C)=C3\N[C@H](/C=C4\N[C@H]1[C@@H](CCC(N)=O)C4(C)C)[C@@H](CCC(N)=O)[C@]3(C)CC(N)=O)[C@@H](CCC(N)=O)[C@]2(C)CC(N)=O. The van der Waals surface area contributed by atoms with E-state index in [-0.39, 0.29) is 76.7 Å². The average molecular weight is 1280 g/mol. The molecule has 18 atom stereocenters. The number of benzene rings is 1. The molecule has 6 aliphatic heterocycles. The van der Waals surface area contributed by atoms with Gasteiger partial charge in [0, 0.05) is 120 Å². The van der Waals surface area contributed by atoms with Crippen molar-refractivity contribution < 1.29 is 71.6 Å². The van der Waals surface area contributed by atoms with Crippen LogP contribution < -0.4 is 65.6 Å². The number of nitrogens with one attached hydrogen (secondary N) is 6. The normalized spacial score (nSPS) is 36.7. The number of rotatable bonds is 26. The predicted molar refractivity (Wildman–Crippen MR) is 331 cm³/mol. The number of ether oxygens (including phenoxy) is 1. The van der Waals surface area contributed by atoms with E-state index in [4.69, 9.17) is 48.2 Å². The van der Waals surface area contributed by atoms with E-state index in [9.17, 15) is 53.2 Å². The first-order valence-electron chi connectivity index (χ1n) is 31.2. The lowest BCUT2D eigenvalue weighted by Gasteiger charge is -2.49. The molecule has 0 radical (unpaired) electrons. The van der Waals surface area contributed by atoms with Gasteiger partial charge in [0.25, 0.3) is 0 Å². The first-order valence-corrected chi connectivity index (χ1v) is 32.7. The number of hydrogen-bond acceptors (Lipinski definition) is 17. The summed E-state index contributed by atoms with van der Waals surface area (Å²) >= 11 is 0. The van der Waals surface area contributed by atoms with Gasteiger partial charge in [0.05, 0.1) is 18.8 Å². The average Bonchev–Trinajstić information content (AvgIpc) is 1.53. The van der Waals surface area contributed by atoms with E-state index in [1.807, 2.05) is 67.5 Å². The number of fused-ring (bicyclic) bond motifs is 10. The number of phosphoric ester groups is 1. The van der Waals surface area contributed by atoms with Gasteiger partial charge in [-0.2, -0.15) is 4.57 Å². The first-order chi connectivity index (χ1) is 41.8. The van der Waals surface area contributed by atoms with Crippen LogP contribution in [0.4, 0.5) is 0 Å². The van der Waals surface area contributed by atoms with E-state index in [1.165, 1.54) is 6.92 Å². The number of aryl methyl sites for hydroxylation is 2. The lowest BCUT2D eigenvalue weighted by molar-refractivity contribution is -0.743. The van der Waals surface area contributed by atoms with Crippen LogP contribution in [0.25, 0.3) is 11.0 Å². The van der Waals surface area contributed by atoms with Crippen molar-refractivity contribution in [3.8, 4) is 0 Å². The third-order valence-electron chi connectivity index (χ3n) is 21.8. The van der Waals surface area contributed by atoms with E-state index < -0.39 is 156 Å². The summed E-state index contributed by atoms with van der Waals surface area (Å²) in [6.07, 6.45) is -2.93. The van der Waals surface area contributed by atoms with Crippen molar-refractivity contribution in [2.75, 3.05) is 13.2 Å². The van der Waals surface area contributed by atoms with Gasteiger partial charge in [0.1, 0.15) is 18.3 Å². The number of aliphatic hydroxyl groups excluding tert-OH is 2. The number of amides is 7. The van der Waals surface area contributed by atoms with Crippen LogP contribution in [0.3, 0.4) is 0 Å². The Morgan fingerprint density at radius 2 is 1.31 bits per heavy atom. The number of aromatic nitrogens is 2. The van der Waals surface area contributed by atoms with Gasteiger partial charge in [0.15, 0.2) is 11.0 Å². The topological polar surface area (TPSA) is 461 Å². The number of nitrogens with zero attached hydrogens (tertiary/aromatic N) is 1. The van der Waals surface area contributed by atoms with Crippen LogP contribution in [-0.4, -0.2) is 129 Å². The molecule has 28 heteroatoms. The van der Waals surface area contributed by atoms with Crippen molar-refractivity contribution in [1.82, 2.24) is 31.6 Å². The Morgan fingerprint density at radius 1 is 0.733 bits per heavy atom. The monoisotopic (exact) mass is 1280 g/mol. The molecular formula is C62H97N13O14P+. The maximum atomic E-state index is 14.4. The Hall–Kier alpha value is -6.45. The maximum absolute atomic E-state index is 14.4. The number of nitrogens with two attached hydrogens (primary N) is 6. The first kappa shape index (κ1) is 69.4. The van der Waals surface area contributed by atoms with E-state index in [1.54, 1.807) is 10.9 Å². The third-order valence-corrected chi connectivity index (χ3v) is 22.9. The molecule has 1 unspecified atom stereocenters. The summed E-state index contributed by atoms with van der Waals surface area (Å²) in [5.74, 6) is -6.18. The minimum atomic E-state index is -5.04. The molecule has 0 saturated carbocycles. The van der Waals surface area contributed by atoms with Crippen LogP contribution in [0.1, 0.15) is 150 Å². The number of carbonyl (C=O) groups excluding carboxylic acids is 7. The minimum Gasteiger partial charge on any atom is -0.394 e. The number of H-pyrrole nitrogens is 1. The number of carbonyl (C=O) groups is 7. The van der Waals surface area contributed by atoms with Crippen molar-refractivity contribution in [3.63, 3.8) is 0 Å². The molecule has 21 N–H and O–H groups in total. The Balaban J connectivity index is 1.18. The zero-order valence-electron chi connectivity index (χ0n) is 53.7. The van der Waals surface area contributed by atoms with Crippen LogP contribution in [0.5, 0.6) is 0 Å². The van der Waals surface area contributed by atoms with Crippen molar-refractivity contribution in [1.29, 1.82) is 0 Å². The molecule has 0 aliphatic carbocycles. The van der Waals surface area contributed by atoms with Gasteiger partial charge in [-0.1, -0.05) is 34.6 Å². The lowest BCUT2D eigenvalue weighted by Crippen LogP contribution is -2.64. The summed E-state index contributed by atoms with van der Waals surface area (Å²) < 4.78 is 32.4. The van der Waals surface area contributed by atoms with Crippen molar-refractivity contribution in [2.45, 2.75) is 207 Å². The summed E-state index contributed by atoms with van der Waals surface area (Å²) in [6.45, 7) is 20.1. The van der Waals surface area contributed by atoms with Crippen molar-refractivity contribution >= 4 is 60.2 Å². The highest BCUT2D eigenvalue weighted by Gasteiger charge is 2.68. The molecule has 7 amide bonds. The molecule has 498 valence electrons. The Bertz CT molecular complexity index is 3330. The molecule has 5 fully saturated rings. The number of phosphoric acid groups is 1. The van der Waals surface area contributed by atoms with Crippen molar-refractivity contribution in [3.05, 3.63) is 63.9 Å². The van der Waals surface area contributed by atoms with Crippen LogP contribution in [0, 0.1) is 59.2 Å². The van der Waals surface area contributed by atoms with Gasteiger partial charge in [0.2, 0.25) is 53.9 Å². The van der Waals surface area contributed by atoms with E-state index in [2.05, 4.69) is 51.5 Å². The number of aliphatic hydroxyl groups is 2. The van der Waals surface area contributed by atoms with E-state index in [0.717, 1.165) is 33.5 Å². The smallest absolute Gasteiger partial charge is 0.394 e. The third kappa shape index (κ3) is 13.2. The molecule has 1 aromatic heterocycles. The number of imidazole rings is 1. The fourth-order valence-corrected chi connectivity index (χ4v) is 17.9. The molecule has 1 aromatic carbocycles. The second-order valence-corrected chi connectivity index (χ2v) is 29.3. The van der Waals surface area contributed by atoms with Gasteiger partial charge in [-0.15, -0.1) is 0 Å². The van der Waals surface area contributed by atoms with Crippen LogP contribution in [0.15, 0.2) is 52.8 Å². The highest BCUT2D eigenvalue weighted by Crippen LogP contribution is 2.62. The molecule has 0 spiro atoms. The van der Waals surface area contributed by atoms with Gasteiger partial charge in [-0.25, -0.2) is 9.55 Å². The molecule has 7 heterocycles. The molecule has 8 rings (SSSR count). The molecule has 5 saturated heterocycles. The summed E-state index contributed by atoms with van der Waals surface area (Å²) in [4.78, 5) is 108. The lowest BCUT2D eigenvalue weighted by atomic mass is 9.56. The highest BCUT2D eigenvalue weighted by molar-refractivity contribution is 7.47. The highest BCUT2D eigenvalue weighted by atomic mass is 31.2. The Morgan fingerprint density at radius 3 is 1.90 bits per heavy atom. The quantitative estimate of drug-likeness (QED) is 0.0464. The molecule has 90 heavy (non-hydrogen) atoms. The zero-order chi connectivity index (χ0) is 66.7. The van der Waals surface area contributed by atoms with E-state index >= 15 is 0 Å². The summed E-state index contributed by atoms with van der Waals surface area (Å²) in [7, 11) is -5.04. The van der Waals surface area contributed by atoms with Gasteiger partial charge in [-0.05, 0) is 125 Å². The zero-order valence-corrected chi connectivity index (χ0v) is 54.6. The summed E-state index contributed by atoms with van der Waals surface area (Å²) in [5.41, 5.74) is 38.1. The number of primary amides is 6. The second kappa shape index (κ2) is 25.9.